The molecule has 1 unspecified atom stereocenters. The molecule has 27 heavy (non-hydrogen) atoms. The Kier molecular flexibility index (Phi) is 5.91. The molecule has 4 rings (SSSR count). The van der Waals surface area contributed by atoms with Crippen LogP contribution in [0.1, 0.15) is 36.9 Å². The second-order valence-electron chi connectivity index (χ2n) is 7.54. The number of ether oxygens (including phenoxy) is 1. The van der Waals surface area contributed by atoms with E-state index in [9.17, 15) is 0 Å². The monoisotopic (exact) mass is 386 g/mol. The lowest BCUT2D eigenvalue weighted by atomic mass is 9.70. The fraction of sp³-hybridized carbons (Fsp3) is 0.524. The van der Waals surface area contributed by atoms with Crippen molar-refractivity contribution in [2.45, 2.75) is 31.1 Å². The summed E-state index contributed by atoms with van der Waals surface area (Å²) < 4.78 is 5.57. The molecule has 0 bridgehead atoms. The van der Waals surface area contributed by atoms with Crippen LogP contribution in [0.4, 0.5) is 5.95 Å². The van der Waals surface area contributed by atoms with Crippen molar-refractivity contribution in [3.8, 4) is 0 Å². The van der Waals surface area contributed by atoms with E-state index in [4.69, 9.17) is 21.3 Å². The Hall–Kier alpha value is -1.69. The number of halogens is 1. The summed E-state index contributed by atoms with van der Waals surface area (Å²) in [6, 6.07) is 10.2. The predicted octanol–water partition coefficient (Wildman–Crippen LogP) is 3.64. The molecule has 1 atom stereocenters. The lowest BCUT2D eigenvalue weighted by Gasteiger charge is -2.38. The zero-order valence-corrected chi connectivity index (χ0v) is 16.3. The van der Waals surface area contributed by atoms with Crippen LogP contribution in [0.25, 0.3) is 0 Å². The number of nitrogens with zero attached hydrogens (tertiary/aromatic N) is 2. The zero-order valence-electron chi connectivity index (χ0n) is 15.6. The molecule has 5 nitrogen and oxygen atoms in total. The smallest absolute Gasteiger partial charge is 0.222 e. The third-order valence-corrected chi connectivity index (χ3v) is 6.13. The van der Waals surface area contributed by atoms with Crippen LogP contribution in [0, 0.1) is 5.92 Å². The fourth-order valence-corrected chi connectivity index (χ4v) is 4.60. The first-order valence-electron chi connectivity index (χ1n) is 9.89. The van der Waals surface area contributed by atoms with Crippen LogP contribution in [-0.2, 0) is 10.2 Å². The lowest BCUT2D eigenvalue weighted by molar-refractivity contribution is 0.0594. The molecule has 0 radical (unpaired) electrons. The van der Waals surface area contributed by atoms with Gasteiger partial charge in [-0.15, -0.1) is 0 Å². The van der Waals surface area contributed by atoms with Gasteiger partial charge in [0.2, 0.25) is 5.95 Å². The first-order valence-corrected chi connectivity index (χ1v) is 10.3. The molecule has 0 saturated carbocycles. The van der Waals surface area contributed by atoms with E-state index in [-0.39, 0.29) is 5.41 Å². The predicted molar refractivity (Wildman–Crippen MR) is 108 cm³/mol. The molecule has 0 spiro atoms. The van der Waals surface area contributed by atoms with Gasteiger partial charge in [-0.05, 0) is 62.4 Å². The minimum atomic E-state index is -0.170. The summed E-state index contributed by atoms with van der Waals surface area (Å²) in [5.74, 6) is 1.23. The minimum absolute atomic E-state index is 0.170. The number of piperidine rings is 1. The van der Waals surface area contributed by atoms with E-state index in [2.05, 4.69) is 27.8 Å². The molecule has 2 aromatic rings. The standard InChI is InChI=1S/C21H27ClN4O/c22-18-6-2-1-5-17(18)21(8-11-23-12-9-21)19-7-10-24-20(26-19)25-14-16-4-3-13-27-15-16/h1-2,5-7,10,16,23H,3-4,8-9,11-15H2,(H,24,25,26). The highest BCUT2D eigenvalue weighted by molar-refractivity contribution is 6.31. The van der Waals surface area contributed by atoms with Gasteiger partial charge in [0, 0.05) is 29.8 Å². The number of hydrogen-bond donors (Lipinski definition) is 2. The van der Waals surface area contributed by atoms with Crippen LogP contribution in [0.15, 0.2) is 36.5 Å². The van der Waals surface area contributed by atoms with Crippen molar-refractivity contribution in [1.82, 2.24) is 15.3 Å². The molecule has 2 aliphatic rings. The van der Waals surface area contributed by atoms with Gasteiger partial charge in [0.05, 0.1) is 12.3 Å². The second kappa shape index (κ2) is 8.55. The molecule has 2 saturated heterocycles. The highest BCUT2D eigenvalue weighted by Crippen LogP contribution is 2.42. The van der Waals surface area contributed by atoms with E-state index in [0.29, 0.717) is 11.9 Å². The Morgan fingerprint density at radius 1 is 1.22 bits per heavy atom. The summed E-state index contributed by atoms with van der Waals surface area (Å²) in [6.45, 7) is 4.47. The summed E-state index contributed by atoms with van der Waals surface area (Å²) in [4.78, 5) is 9.38. The second-order valence-corrected chi connectivity index (χ2v) is 7.95. The first kappa shape index (κ1) is 18.7. The summed E-state index contributed by atoms with van der Waals surface area (Å²) >= 11 is 6.61. The number of aromatic nitrogens is 2. The average Bonchev–Trinajstić information content (AvgIpc) is 2.74. The van der Waals surface area contributed by atoms with Gasteiger partial charge in [0.25, 0.3) is 0 Å². The molecule has 0 amide bonds. The van der Waals surface area contributed by atoms with Crippen molar-refractivity contribution in [3.05, 3.63) is 52.8 Å². The normalized spacial score (nSPS) is 22.3. The van der Waals surface area contributed by atoms with E-state index >= 15 is 0 Å². The summed E-state index contributed by atoms with van der Waals surface area (Å²) in [5, 5.41) is 7.70. The highest BCUT2D eigenvalue weighted by atomic mass is 35.5. The first-order chi connectivity index (χ1) is 13.3. The molecule has 6 heteroatoms. The van der Waals surface area contributed by atoms with Crippen molar-refractivity contribution in [2.75, 3.05) is 38.2 Å². The number of anilines is 1. The minimum Gasteiger partial charge on any atom is -0.381 e. The van der Waals surface area contributed by atoms with Gasteiger partial charge in [0.15, 0.2) is 0 Å². The number of nitrogens with one attached hydrogen (secondary N) is 2. The van der Waals surface area contributed by atoms with Crippen LogP contribution in [0.5, 0.6) is 0 Å². The molecule has 2 N–H and O–H groups in total. The van der Waals surface area contributed by atoms with Gasteiger partial charge in [-0.3, -0.25) is 0 Å². The van der Waals surface area contributed by atoms with Crippen molar-refractivity contribution < 1.29 is 4.74 Å². The molecular weight excluding hydrogens is 360 g/mol. The highest BCUT2D eigenvalue weighted by Gasteiger charge is 2.38. The summed E-state index contributed by atoms with van der Waals surface area (Å²) in [7, 11) is 0. The third-order valence-electron chi connectivity index (χ3n) is 5.80. The van der Waals surface area contributed by atoms with Gasteiger partial charge < -0.3 is 15.4 Å². The summed E-state index contributed by atoms with van der Waals surface area (Å²) in [5.41, 5.74) is 2.05. The fourth-order valence-electron chi connectivity index (χ4n) is 4.28. The Bertz CT molecular complexity index is 757. The van der Waals surface area contributed by atoms with E-state index in [0.717, 1.165) is 62.8 Å². The quantitative estimate of drug-likeness (QED) is 0.821. The maximum atomic E-state index is 6.61. The molecule has 0 aliphatic carbocycles. The molecule has 144 valence electrons. The molecule has 1 aromatic heterocycles. The Morgan fingerprint density at radius 3 is 2.85 bits per heavy atom. The molecule has 2 aliphatic heterocycles. The Morgan fingerprint density at radius 2 is 2.07 bits per heavy atom. The lowest BCUT2D eigenvalue weighted by Crippen LogP contribution is -2.41. The van der Waals surface area contributed by atoms with Crippen LogP contribution < -0.4 is 10.6 Å². The maximum Gasteiger partial charge on any atom is 0.222 e. The van der Waals surface area contributed by atoms with Crippen molar-refractivity contribution in [2.24, 2.45) is 5.92 Å². The van der Waals surface area contributed by atoms with Crippen LogP contribution in [0.3, 0.4) is 0 Å². The van der Waals surface area contributed by atoms with Crippen LogP contribution in [0.2, 0.25) is 5.02 Å². The zero-order chi connectivity index (χ0) is 18.5. The van der Waals surface area contributed by atoms with Gasteiger partial charge in [-0.2, -0.15) is 0 Å². The van der Waals surface area contributed by atoms with E-state index in [1.54, 1.807) is 0 Å². The number of hydrogen-bond acceptors (Lipinski definition) is 5. The Labute approximate surface area is 165 Å². The molecule has 2 fully saturated rings. The van der Waals surface area contributed by atoms with Gasteiger partial charge in [-0.1, -0.05) is 29.8 Å². The van der Waals surface area contributed by atoms with E-state index in [1.807, 2.05) is 24.4 Å². The van der Waals surface area contributed by atoms with Gasteiger partial charge >= 0.3 is 0 Å². The average molecular weight is 387 g/mol. The van der Waals surface area contributed by atoms with Crippen LogP contribution >= 0.6 is 11.6 Å². The Balaban J connectivity index is 1.60. The SMILES string of the molecule is Clc1ccccc1C1(c2ccnc(NCC3CCCOC3)n2)CCNCC1. The third kappa shape index (κ3) is 4.10. The van der Waals surface area contributed by atoms with Crippen molar-refractivity contribution in [3.63, 3.8) is 0 Å². The van der Waals surface area contributed by atoms with Crippen LogP contribution in [-0.4, -0.2) is 42.8 Å². The van der Waals surface area contributed by atoms with Crippen molar-refractivity contribution >= 4 is 17.5 Å². The topological polar surface area (TPSA) is 59.1 Å². The molecule has 1 aromatic carbocycles. The molecular formula is C21H27ClN4O. The number of rotatable bonds is 5. The molecule has 3 heterocycles. The maximum absolute atomic E-state index is 6.61. The van der Waals surface area contributed by atoms with Crippen molar-refractivity contribution in [1.29, 1.82) is 0 Å². The summed E-state index contributed by atoms with van der Waals surface area (Å²) in [6.07, 6.45) is 6.15. The van der Waals surface area contributed by atoms with E-state index < -0.39 is 0 Å². The van der Waals surface area contributed by atoms with Gasteiger partial charge in [-0.25, -0.2) is 9.97 Å². The van der Waals surface area contributed by atoms with Gasteiger partial charge in [0.1, 0.15) is 0 Å². The van der Waals surface area contributed by atoms with E-state index in [1.165, 1.54) is 12.0 Å². The largest absolute Gasteiger partial charge is 0.381 e. The number of benzene rings is 1.